The fraction of sp³-hybridized carbons (Fsp3) is 0.591. The maximum absolute atomic E-state index is 11.4. The van der Waals surface area contributed by atoms with Crippen molar-refractivity contribution in [1.29, 1.82) is 0 Å². The molecule has 0 unspecified atom stereocenters. The number of ether oxygens (including phenoxy) is 2. The number of carbonyl (C=O) groups excluding carboxylic acids is 1. The SMILES string of the molecule is CCc1cc2c(cc1OC)CC[C@H]1[C@@H]3CC=C(OC(C)=O)[C@H]3CC[C@H]21. The second-order valence-corrected chi connectivity index (χ2v) is 7.81. The summed E-state index contributed by atoms with van der Waals surface area (Å²) in [6, 6.07) is 4.70. The average Bonchev–Trinajstić information content (AvgIpc) is 3.02. The first-order chi connectivity index (χ1) is 12.1. The second-order valence-electron chi connectivity index (χ2n) is 7.81. The third-order valence-electron chi connectivity index (χ3n) is 6.66. The van der Waals surface area contributed by atoms with E-state index in [2.05, 4.69) is 25.1 Å². The Bertz CT molecular complexity index is 718. The number of fused-ring (bicyclic) bond motifs is 5. The van der Waals surface area contributed by atoms with Crippen LogP contribution in [-0.4, -0.2) is 13.1 Å². The average molecular weight is 340 g/mol. The number of aryl methyl sites for hydroxylation is 2. The van der Waals surface area contributed by atoms with Gasteiger partial charge in [-0.2, -0.15) is 0 Å². The van der Waals surface area contributed by atoms with Gasteiger partial charge in [-0.1, -0.05) is 13.0 Å². The molecule has 0 radical (unpaired) electrons. The third-order valence-corrected chi connectivity index (χ3v) is 6.66. The van der Waals surface area contributed by atoms with Crippen molar-refractivity contribution in [3.63, 3.8) is 0 Å². The molecule has 3 aliphatic carbocycles. The Balaban J connectivity index is 1.61. The molecule has 0 spiro atoms. The van der Waals surface area contributed by atoms with Gasteiger partial charge >= 0.3 is 5.97 Å². The summed E-state index contributed by atoms with van der Waals surface area (Å²) in [6.07, 6.45) is 8.99. The Labute approximate surface area is 150 Å². The highest BCUT2D eigenvalue weighted by atomic mass is 16.5. The van der Waals surface area contributed by atoms with Gasteiger partial charge in [0.15, 0.2) is 0 Å². The quantitative estimate of drug-likeness (QED) is 0.743. The lowest BCUT2D eigenvalue weighted by Crippen LogP contribution is -2.35. The van der Waals surface area contributed by atoms with Gasteiger partial charge in [0.25, 0.3) is 0 Å². The van der Waals surface area contributed by atoms with Crippen LogP contribution in [0.3, 0.4) is 0 Å². The Morgan fingerprint density at radius 1 is 1.16 bits per heavy atom. The molecule has 0 aliphatic heterocycles. The number of allylic oxidation sites excluding steroid dienone is 2. The van der Waals surface area contributed by atoms with Crippen molar-refractivity contribution in [1.82, 2.24) is 0 Å². The smallest absolute Gasteiger partial charge is 0.307 e. The second kappa shape index (κ2) is 6.51. The highest BCUT2D eigenvalue weighted by molar-refractivity contribution is 5.67. The Morgan fingerprint density at radius 2 is 1.96 bits per heavy atom. The third kappa shape index (κ3) is 2.78. The molecule has 134 valence electrons. The summed E-state index contributed by atoms with van der Waals surface area (Å²) in [6.45, 7) is 3.71. The summed E-state index contributed by atoms with van der Waals surface area (Å²) in [5, 5.41) is 0. The lowest BCUT2D eigenvalue weighted by Gasteiger charge is -2.44. The van der Waals surface area contributed by atoms with E-state index in [1.54, 1.807) is 12.7 Å². The van der Waals surface area contributed by atoms with Crippen molar-refractivity contribution in [3.05, 3.63) is 40.7 Å². The molecule has 0 saturated heterocycles. The van der Waals surface area contributed by atoms with Crippen LogP contribution in [0.15, 0.2) is 24.0 Å². The maximum atomic E-state index is 11.4. The summed E-state index contributed by atoms with van der Waals surface area (Å²) in [5.41, 5.74) is 4.38. The van der Waals surface area contributed by atoms with Crippen LogP contribution < -0.4 is 4.74 Å². The number of carbonyl (C=O) groups is 1. The molecule has 4 rings (SSSR count). The largest absolute Gasteiger partial charge is 0.496 e. The van der Waals surface area contributed by atoms with Gasteiger partial charge in [0.1, 0.15) is 11.5 Å². The Kier molecular flexibility index (Phi) is 4.35. The van der Waals surface area contributed by atoms with Crippen LogP contribution in [0.25, 0.3) is 0 Å². The molecule has 1 aromatic rings. The number of esters is 1. The van der Waals surface area contributed by atoms with Crippen molar-refractivity contribution in [2.75, 3.05) is 7.11 Å². The zero-order valence-corrected chi connectivity index (χ0v) is 15.5. The van der Waals surface area contributed by atoms with E-state index >= 15 is 0 Å². The van der Waals surface area contributed by atoms with Crippen LogP contribution in [0.2, 0.25) is 0 Å². The summed E-state index contributed by atoms with van der Waals surface area (Å²) in [7, 11) is 1.78. The fourth-order valence-electron chi connectivity index (χ4n) is 5.60. The number of methoxy groups -OCH3 is 1. The lowest BCUT2D eigenvalue weighted by atomic mass is 9.60. The summed E-state index contributed by atoms with van der Waals surface area (Å²) >= 11 is 0. The van der Waals surface area contributed by atoms with Gasteiger partial charge in [0.05, 0.1) is 7.11 Å². The summed E-state index contributed by atoms with van der Waals surface area (Å²) < 4.78 is 11.1. The first-order valence-electron chi connectivity index (χ1n) is 9.70. The van der Waals surface area contributed by atoms with E-state index in [9.17, 15) is 4.79 Å². The molecule has 3 nitrogen and oxygen atoms in total. The van der Waals surface area contributed by atoms with E-state index in [0.717, 1.165) is 37.2 Å². The standard InChI is InChI=1S/C22H28O3/c1-4-14-11-20-15(12-22(14)24-3)5-6-16-17-9-10-21(25-13(2)23)19(17)8-7-18(16)20/h10-12,16-19H,4-9H2,1-3H3/t16-,17-,18-,19-/m0/s1. The molecule has 1 saturated carbocycles. The van der Waals surface area contributed by atoms with Crippen LogP contribution in [0.5, 0.6) is 5.75 Å². The van der Waals surface area contributed by atoms with E-state index in [1.807, 2.05) is 0 Å². The fourth-order valence-corrected chi connectivity index (χ4v) is 5.60. The summed E-state index contributed by atoms with van der Waals surface area (Å²) in [4.78, 5) is 11.4. The van der Waals surface area contributed by atoms with Crippen LogP contribution in [0.4, 0.5) is 0 Å². The van der Waals surface area contributed by atoms with Gasteiger partial charge in [-0.3, -0.25) is 4.79 Å². The molecular weight excluding hydrogens is 312 g/mol. The Morgan fingerprint density at radius 3 is 2.68 bits per heavy atom. The first-order valence-corrected chi connectivity index (χ1v) is 9.70. The molecule has 25 heavy (non-hydrogen) atoms. The molecular formula is C22H28O3. The maximum Gasteiger partial charge on any atom is 0.307 e. The zero-order chi connectivity index (χ0) is 17.6. The highest BCUT2D eigenvalue weighted by Gasteiger charge is 2.46. The van der Waals surface area contributed by atoms with Gasteiger partial charge < -0.3 is 9.47 Å². The molecule has 3 heteroatoms. The van der Waals surface area contributed by atoms with Crippen LogP contribution in [-0.2, 0) is 22.4 Å². The number of hydrogen-bond donors (Lipinski definition) is 0. The molecule has 0 bridgehead atoms. The van der Waals surface area contributed by atoms with Crippen LogP contribution in [0, 0.1) is 17.8 Å². The topological polar surface area (TPSA) is 35.5 Å². The van der Waals surface area contributed by atoms with Gasteiger partial charge in [-0.05, 0) is 85.1 Å². The van der Waals surface area contributed by atoms with Crippen LogP contribution >= 0.6 is 0 Å². The van der Waals surface area contributed by atoms with E-state index in [1.165, 1.54) is 30.9 Å². The van der Waals surface area contributed by atoms with Crippen molar-refractivity contribution < 1.29 is 14.3 Å². The minimum absolute atomic E-state index is 0.178. The van der Waals surface area contributed by atoms with Crippen molar-refractivity contribution in [2.45, 2.75) is 58.3 Å². The van der Waals surface area contributed by atoms with Gasteiger partial charge in [-0.25, -0.2) is 0 Å². The molecule has 0 amide bonds. The predicted octanol–water partition coefficient (Wildman–Crippen LogP) is 4.78. The van der Waals surface area contributed by atoms with Crippen molar-refractivity contribution in [3.8, 4) is 5.75 Å². The molecule has 0 N–H and O–H groups in total. The Hall–Kier alpha value is -1.77. The number of rotatable bonds is 3. The molecule has 1 aromatic carbocycles. The van der Waals surface area contributed by atoms with Crippen molar-refractivity contribution >= 4 is 5.97 Å². The van der Waals surface area contributed by atoms with E-state index in [0.29, 0.717) is 23.7 Å². The highest BCUT2D eigenvalue weighted by Crippen LogP contribution is 2.55. The molecule has 1 fully saturated rings. The van der Waals surface area contributed by atoms with Gasteiger partial charge in [0.2, 0.25) is 0 Å². The molecule has 4 atom stereocenters. The molecule has 0 heterocycles. The van der Waals surface area contributed by atoms with Crippen molar-refractivity contribution in [2.24, 2.45) is 17.8 Å². The zero-order valence-electron chi connectivity index (χ0n) is 15.5. The van der Waals surface area contributed by atoms with Crippen LogP contribution in [0.1, 0.15) is 62.1 Å². The molecule has 3 aliphatic rings. The molecule has 0 aromatic heterocycles. The lowest BCUT2D eigenvalue weighted by molar-refractivity contribution is -0.138. The minimum Gasteiger partial charge on any atom is -0.496 e. The monoisotopic (exact) mass is 340 g/mol. The first kappa shape index (κ1) is 16.7. The van der Waals surface area contributed by atoms with Gasteiger partial charge in [0, 0.05) is 12.8 Å². The normalized spacial score (nSPS) is 30.0. The van der Waals surface area contributed by atoms with E-state index < -0.39 is 0 Å². The summed E-state index contributed by atoms with van der Waals surface area (Å²) in [5.74, 6) is 4.30. The number of hydrogen-bond acceptors (Lipinski definition) is 3. The minimum atomic E-state index is -0.178. The predicted molar refractivity (Wildman–Crippen MR) is 97.6 cm³/mol. The van der Waals surface area contributed by atoms with E-state index in [4.69, 9.17) is 9.47 Å². The van der Waals surface area contributed by atoms with Gasteiger partial charge in [-0.15, -0.1) is 0 Å². The van der Waals surface area contributed by atoms with E-state index in [-0.39, 0.29) is 5.97 Å². The number of benzene rings is 1.